The molecule has 1 atom stereocenters. The highest BCUT2D eigenvalue weighted by Crippen LogP contribution is 2.35. The van der Waals surface area contributed by atoms with Crippen LogP contribution in [-0.2, 0) is 0 Å². The van der Waals surface area contributed by atoms with Crippen molar-refractivity contribution < 1.29 is 19.0 Å². The van der Waals surface area contributed by atoms with Gasteiger partial charge in [0.15, 0.2) is 11.6 Å². The van der Waals surface area contributed by atoms with Crippen LogP contribution in [0.2, 0.25) is 10.0 Å². The zero-order valence-electron chi connectivity index (χ0n) is 11.3. The summed E-state index contributed by atoms with van der Waals surface area (Å²) in [6.07, 6.45) is 0.348. The second kappa shape index (κ2) is 6.37. The van der Waals surface area contributed by atoms with Gasteiger partial charge in [0.25, 0.3) is 0 Å². The number of pyridine rings is 1. The maximum Gasteiger partial charge on any atom is 0.337 e. The largest absolute Gasteiger partial charge is 0.482 e. The lowest BCUT2D eigenvalue weighted by atomic mass is 10.1. The Bertz CT molecular complexity index is 740. The number of carbonyl (C=O) groups is 1. The molecule has 0 aliphatic heterocycles. The maximum atomic E-state index is 13.5. The number of hydrogen-bond donors (Lipinski definition) is 2. The van der Waals surface area contributed by atoms with Crippen LogP contribution in [0.25, 0.3) is 0 Å². The van der Waals surface area contributed by atoms with Crippen LogP contribution < -0.4 is 10.5 Å². The number of nitrogen functional groups attached to an aromatic ring is 1. The third kappa shape index (κ3) is 3.23. The molecule has 2 rings (SSSR count). The van der Waals surface area contributed by atoms with E-state index < -0.39 is 17.9 Å². The molecule has 3 N–H and O–H groups in total. The summed E-state index contributed by atoms with van der Waals surface area (Å²) in [7, 11) is 0. The lowest BCUT2D eigenvalue weighted by Gasteiger charge is -2.19. The smallest absolute Gasteiger partial charge is 0.337 e. The molecule has 1 heterocycles. The highest BCUT2D eigenvalue weighted by molar-refractivity contribution is 6.36. The average molecular weight is 345 g/mol. The van der Waals surface area contributed by atoms with Gasteiger partial charge in [-0.15, -0.1) is 0 Å². The van der Waals surface area contributed by atoms with Crippen molar-refractivity contribution in [3.8, 4) is 5.75 Å². The van der Waals surface area contributed by atoms with Crippen molar-refractivity contribution in [2.75, 3.05) is 5.73 Å². The number of ether oxygens (including phenoxy) is 1. The maximum absolute atomic E-state index is 13.5. The van der Waals surface area contributed by atoms with Crippen molar-refractivity contribution in [3.63, 3.8) is 0 Å². The molecule has 0 bridgehead atoms. The third-order valence-electron chi connectivity index (χ3n) is 2.92. The van der Waals surface area contributed by atoms with E-state index in [1.165, 1.54) is 12.1 Å². The molecule has 2 aromatic rings. The number of nitrogens with zero attached hydrogens (tertiary/aromatic N) is 1. The van der Waals surface area contributed by atoms with Gasteiger partial charge < -0.3 is 15.6 Å². The fourth-order valence-electron chi connectivity index (χ4n) is 1.83. The minimum absolute atomic E-state index is 0.000461. The van der Waals surface area contributed by atoms with E-state index in [-0.39, 0.29) is 32.7 Å². The van der Waals surface area contributed by atoms with Gasteiger partial charge in [-0.25, -0.2) is 14.2 Å². The van der Waals surface area contributed by atoms with Gasteiger partial charge in [0, 0.05) is 22.8 Å². The second-order valence-electron chi connectivity index (χ2n) is 4.43. The first-order chi connectivity index (χ1) is 10.3. The van der Waals surface area contributed by atoms with Crippen molar-refractivity contribution in [3.05, 3.63) is 51.4 Å². The zero-order valence-corrected chi connectivity index (χ0v) is 12.8. The van der Waals surface area contributed by atoms with Crippen LogP contribution in [0.15, 0.2) is 24.4 Å². The Kier molecular flexibility index (Phi) is 4.73. The topological polar surface area (TPSA) is 85.4 Å². The molecule has 0 fully saturated rings. The van der Waals surface area contributed by atoms with Crippen molar-refractivity contribution in [1.29, 1.82) is 0 Å². The van der Waals surface area contributed by atoms with E-state index in [1.54, 1.807) is 6.92 Å². The molecule has 0 aliphatic carbocycles. The van der Waals surface area contributed by atoms with Crippen LogP contribution in [0, 0.1) is 5.82 Å². The highest BCUT2D eigenvalue weighted by Gasteiger charge is 2.20. The SMILES string of the molecule is CC(Oc1cc(C(=O)O)cnc1N)c1c(Cl)ccc(F)c1Cl. The van der Waals surface area contributed by atoms with Crippen LogP contribution in [0.1, 0.15) is 28.9 Å². The van der Waals surface area contributed by atoms with Crippen LogP contribution in [0.3, 0.4) is 0 Å². The first-order valence-corrected chi connectivity index (χ1v) is 6.85. The van der Waals surface area contributed by atoms with Gasteiger partial charge in [0.2, 0.25) is 0 Å². The normalized spacial score (nSPS) is 12.0. The summed E-state index contributed by atoms with van der Waals surface area (Å²) in [5.74, 6) is -1.77. The van der Waals surface area contributed by atoms with Gasteiger partial charge in [-0.05, 0) is 19.1 Å². The molecule has 5 nitrogen and oxygen atoms in total. The van der Waals surface area contributed by atoms with Crippen molar-refractivity contribution >= 4 is 35.0 Å². The van der Waals surface area contributed by atoms with Gasteiger partial charge >= 0.3 is 5.97 Å². The Morgan fingerprint density at radius 3 is 2.77 bits per heavy atom. The van der Waals surface area contributed by atoms with E-state index in [9.17, 15) is 9.18 Å². The number of nitrogens with two attached hydrogens (primary N) is 1. The number of carboxylic acid groups (broad SMARTS) is 1. The van der Waals surface area contributed by atoms with Gasteiger partial charge in [-0.2, -0.15) is 0 Å². The van der Waals surface area contributed by atoms with E-state index in [1.807, 2.05) is 0 Å². The monoisotopic (exact) mass is 344 g/mol. The van der Waals surface area contributed by atoms with E-state index in [0.717, 1.165) is 12.3 Å². The van der Waals surface area contributed by atoms with Crippen molar-refractivity contribution in [2.45, 2.75) is 13.0 Å². The van der Waals surface area contributed by atoms with Crippen LogP contribution in [0.5, 0.6) is 5.75 Å². The summed E-state index contributed by atoms with van der Waals surface area (Å²) in [5.41, 5.74) is 5.80. The van der Waals surface area contributed by atoms with Crippen LogP contribution in [0.4, 0.5) is 10.2 Å². The Balaban J connectivity index is 2.37. The summed E-state index contributed by atoms with van der Waals surface area (Å²) in [5, 5.41) is 9.00. The van der Waals surface area contributed by atoms with Gasteiger partial charge in [-0.3, -0.25) is 0 Å². The Labute approximate surface area is 135 Å². The minimum Gasteiger partial charge on any atom is -0.482 e. The third-order valence-corrected chi connectivity index (χ3v) is 3.63. The first-order valence-electron chi connectivity index (χ1n) is 6.10. The van der Waals surface area contributed by atoms with Gasteiger partial charge in [0.1, 0.15) is 11.9 Å². The van der Waals surface area contributed by atoms with Gasteiger partial charge in [-0.1, -0.05) is 23.2 Å². The Morgan fingerprint density at radius 1 is 1.45 bits per heavy atom. The fraction of sp³-hybridized carbons (Fsp3) is 0.143. The van der Waals surface area contributed by atoms with Crippen LogP contribution in [-0.4, -0.2) is 16.1 Å². The fourth-order valence-corrected chi connectivity index (χ4v) is 2.51. The lowest BCUT2D eigenvalue weighted by Crippen LogP contribution is -2.09. The Hall–Kier alpha value is -2.05. The standard InChI is InChI=1S/C14H11Cl2FN2O3/c1-6(11-8(15)2-3-9(17)12(11)16)22-10-4-7(14(20)21)5-19-13(10)18/h2-6H,1H3,(H2,18,19)(H,20,21). The molecule has 1 unspecified atom stereocenters. The molecule has 8 heteroatoms. The molecule has 0 aliphatic rings. The summed E-state index contributed by atoms with van der Waals surface area (Å²) < 4.78 is 19.1. The molecule has 0 saturated heterocycles. The minimum atomic E-state index is -1.17. The number of halogens is 3. The van der Waals surface area contributed by atoms with Crippen LogP contribution >= 0.6 is 23.2 Å². The molecule has 0 radical (unpaired) electrons. The average Bonchev–Trinajstić information content (AvgIpc) is 2.45. The van der Waals surface area contributed by atoms with Gasteiger partial charge in [0.05, 0.1) is 10.6 Å². The molecule has 0 saturated carbocycles. The van der Waals surface area contributed by atoms with E-state index in [4.69, 9.17) is 38.8 Å². The number of aromatic carboxylic acids is 1. The quantitative estimate of drug-likeness (QED) is 0.820. The predicted molar refractivity (Wildman–Crippen MR) is 81.1 cm³/mol. The van der Waals surface area contributed by atoms with Crippen molar-refractivity contribution in [2.24, 2.45) is 0 Å². The molecular weight excluding hydrogens is 334 g/mol. The first kappa shape index (κ1) is 16.3. The highest BCUT2D eigenvalue weighted by atomic mass is 35.5. The number of hydrogen-bond acceptors (Lipinski definition) is 4. The number of aromatic nitrogens is 1. The number of rotatable bonds is 4. The summed E-state index contributed by atoms with van der Waals surface area (Å²) in [4.78, 5) is 14.7. The molecule has 1 aromatic heterocycles. The zero-order chi connectivity index (χ0) is 16.4. The molecule has 0 amide bonds. The number of benzene rings is 1. The molecule has 1 aromatic carbocycles. The van der Waals surface area contributed by atoms with Crippen molar-refractivity contribution in [1.82, 2.24) is 4.98 Å². The molecule has 116 valence electrons. The molecule has 0 spiro atoms. The molecule has 22 heavy (non-hydrogen) atoms. The lowest BCUT2D eigenvalue weighted by molar-refractivity contribution is 0.0695. The Morgan fingerprint density at radius 2 is 2.14 bits per heavy atom. The number of anilines is 1. The molecular formula is C14H11Cl2FN2O3. The van der Waals surface area contributed by atoms with E-state index in [0.29, 0.717) is 0 Å². The predicted octanol–water partition coefficient (Wildman–Crippen LogP) is 3.95. The number of carboxylic acids is 1. The summed E-state index contributed by atoms with van der Waals surface area (Å²) >= 11 is 11.9. The summed E-state index contributed by atoms with van der Waals surface area (Å²) in [6, 6.07) is 3.72. The summed E-state index contributed by atoms with van der Waals surface area (Å²) in [6.45, 7) is 1.58. The van der Waals surface area contributed by atoms with E-state index >= 15 is 0 Å². The second-order valence-corrected chi connectivity index (χ2v) is 5.21. The van der Waals surface area contributed by atoms with E-state index in [2.05, 4.69) is 4.98 Å².